The minimum Gasteiger partial charge on any atom is -0.545 e. The lowest BCUT2D eigenvalue weighted by molar-refractivity contribution is -0.295. The quantitative estimate of drug-likeness (QED) is 0.542. The molecular weight excluding hydrogens is 188 g/mol. The molecule has 0 aliphatic carbocycles. The molecule has 1 aromatic carbocycles. The highest BCUT2D eigenvalue weighted by atomic mass is 16.4. The Morgan fingerprint density at radius 2 is 2.00 bits per heavy atom. The van der Waals surface area contributed by atoms with Crippen LogP contribution in [0.2, 0.25) is 0 Å². The predicted octanol–water partition coefficient (Wildman–Crippen LogP) is 2.01. The molecule has 0 saturated carbocycles. The normalized spacial score (nSPS) is 11.4. The van der Waals surface area contributed by atoms with Crippen molar-refractivity contribution < 1.29 is 9.90 Å². The summed E-state index contributed by atoms with van der Waals surface area (Å²) in [6.07, 6.45) is 4.60. The van der Waals surface area contributed by atoms with Gasteiger partial charge in [-0.2, -0.15) is 0 Å². The Balaban J connectivity index is 2.84. The minimum atomic E-state index is -1.10. The molecule has 80 valence electrons. The third-order valence-corrected chi connectivity index (χ3v) is 2.21. The van der Waals surface area contributed by atoms with E-state index in [1.807, 2.05) is 18.2 Å². The maximum Gasteiger partial charge on any atom is 0.0718 e. The van der Waals surface area contributed by atoms with Crippen molar-refractivity contribution in [3.63, 3.8) is 0 Å². The molecule has 2 nitrogen and oxygen atoms in total. The zero-order valence-corrected chi connectivity index (χ0v) is 8.90. The van der Waals surface area contributed by atoms with Crippen LogP contribution in [-0.2, 0) is 4.79 Å². The van der Waals surface area contributed by atoms with Gasteiger partial charge in [0.2, 0.25) is 0 Å². The van der Waals surface area contributed by atoms with Gasteiger partial charge in [0.05, 0.1) is 5.97 Å². The average Bonchev–Trinajstić information content (AvgIpc) is 2.25. The molecule has 1 aromatic rings. The largest absolute Gasteiger partial charge is 0.545 e. The van der Waals surface area contributed by atoms with Crippen molar-refractivity contribution in [2.24, 2.45) is 0 Å². The number of hydrogen-bond acceptors (Lipinski definition) is 2. The van der Waals surface area contributed by atoms with E-state index < -0.39 is 5.97 Å². The number of aliphatic carboxylic acids is 1. The molecule has 15 heavy (non-hydrogen) atoms. The van der Waals surface area contributed by atoms with Crippen LogP contribution >= 0.6 is 0 Å². The van der Waals surface area contributed by atoms with Gasteiger partial charge in [-0.25, -0.2) is 0 Å². The van der Waals surface area contributed by atoms with Crippen molar-refractivity contribution >= 4 is 11.5 Å². The van der Waals surface area contributed by atoms with Gasteiger partial charge < -0.3 is 9.90 Å². The lowest BCUT2D eigenvalue weighted by Crippen LogP contribution is -2.23. The monoisotopic (exact) mass is 203 g/mol. The zero-order valence-electron chi connectivity index (χ0n) is 8.90. The van der Waals surface area contributed by atoms with Crippen LogP contribution in [0, 0.1) is 0 Å². The van der Waals surface area contributed by atoms with Crippen molar-refractivity contribution in [1.82, 2.24) is 0 Å². The lowest BCUT2D eigenvalue weighted by Gasteiger charge is -2.08. The smallest absolute Gasteiger partial charge is 0.0718 e. The van der Waals surface area contributed by atoms with E-state index in [1.165, 1.54) is 0 Å². The number of rotatable bonds is 5. The summed E-state index contributed by atoms with van der Waals surface area (Å²) in [5.41, 5.74) is 1.01. The zero-order chi connectivity index (χ0) is 11.1. The summed E-state index contributed by atoms with van der Waals surface area (Å²) >= 11 is 0. The highest BCUT2D eigenvalue weighted by molar-refractivity contribution is 6.14. The topological polar surface area (TPSA) is 40.1 Å². The second-order valence-corrected chi connectivity index (χ2v) is 3.41. The van der Waals surface area contributed by atoms with Gasteiger partial charge in [0.15, 0.2) is 0 Å². The number of allylic oxidation sites excluding steroid dienone is 1. The molecule has 0 fully saturated rings. The van der Waals surface area contributed by atoms with Crippen molar-refractivity contribution in [2.45, 2.75) is 26.2 Å². The first kappa shape index (κ1) is 11.5. The summed E-state index contributed by atoms with van der Waals surface area (Å²) in [5.74, 6) is -1.10. The number of carboxylic acid groups (broad SMARTS) is 1. The highest BCUT2D eigenvalue weighted by Crippen LogP contribution is 2.14. The number of carboxylic acids is 1. The van der Waals surface area contributed by atoms with Gasteiger partial charge in [-0.05, 0) is 12.0 Å². The molecule has 0 amide bonds. The third-order valence-electron chi connectivity index (χ3n) is 2.21. The van der Waals surface area contributed by atoms with Crippen LogP contribution in [0.5, 0.6) is 0 Å². The van der Waals surface area contributed by atoms with E-state index in [2.05, 4.69) is 6.92 Å². The third kappa shape index (κ3) is 3.58. The van der Waals surface area contributed by atoms with E-state index in [0.717, 1.165) is 19.3 Å². The fourth-order valence-corrected chi connectivity index (χ4v) is 1.39. The van der Waals surface area contributed by atoms with Crippen LogP contribution in [0.25, 0.3) is 5.57 Å². The van der Waals surface area contributed by atoms with Gasteiger partial charge in [0.25, 0.3) is 0 Å². The molecule has 0 aromatic heterocycles. The van der Waals surface area contributed by atoms with Gasteiger partial charge in [-0.1, -0.05) is 56.2 Å². The maximum absolute atomic E-state index is 10.9. The van der Waals surface area contributed by atoms with Crippen molar-refractivity contribution in [3.8, 4) is 0 Å². The molecule has 0 radical (unpaired) electrons. The molecule has 0 atom stereocenters. The van der Waals surface area contributed by atoms with Gasteiger partial charge in [0, 0.05) is 5.57 Å². The summed E-state index contributed by atoms with van der Waals surface area (Å²) < 4.78 is 0. The molecule has 0 N–H and O–H groups in total. The SMILES string of the molecule is CCCC/C=C(\C(=O)[O-])c1ccccc1. The Hall–Kier alpha value is -1.57. The summed E-state index contributed by atoms with van der Waals surface area (Å²) in [7, 11) is 0. The number of carbonyl (C=O) groups excluding carboxylic acids is 1. The van der Waals surface area contributed by atoms with Crippen molar-refractivity contribution in [2.75, 3.05) is 0 Å². The molecule has 2 heteroatoms. The van der Waals surface area contributed by atoms with Crippen LogP contribution < -0.4 is 5.11 Å². The molecule has 0 saturated heterocycles. The molecule has 0 aliphatic heterocycles. The molecule has 0 bridgehead atoms. The molecule has 0 spiro atoms. The van der Waals surface area contributed by atoms with Crippen LogP contribution in [0.3, 0.4) is 0 Å². The standard InChI is InChI=1S/C13H16O2/c1-2-3-5-10-12(13(14)15)11-8-6-4-7-9-11/h4,6-10H,2-3,5H2,1H3,(H,14,15)/p-1/b12-10-. The van der Waals surface area contributed by atoms with Crippen LogP contribution in [0.4, 0.5) is 0 Å². The lowest BCUT2D eigenvalue weighted by atomic mass is 10.0. The first-order valence-electron chi connectivity index (χ1n) is 5.22. The van der Waals surface area contributed by atoms with Gasteiger partial charge in [-0.3, -0.25) is 0 Å². The van der Waals surface area contributed by atoms with Crippen LogP contribution in [-0.4, -0.2) is 5.97 Å². The predicted molar refractivity (Wildman–Crippen MR) is 59.0 cm³/mol. The van der Waals surface area contributed by atoms with E-state index in [1.54, 1.807) is 18.2 Å². The Labute approximate surface area is 90.3 Å². The average molecular weight is 203 g/mol. The number of unbranched alkanes of at least 4 members (excludes halogenated alkanes) is 2. The van der Waals surface area contributed by atoms with Gasteiger partial charge in [-0.15, -0.1) is 0 Å². The minimum absolute atomic E-state index is 0.295. The van der Waals surface area contributed by atoms with E-state index in [-0.39, 0.29) is 0 Å². The highest BCUT2D eigenvalue weighted by Gasteiger charge is 2.00. The Kier molecular flexibility index (Phi) is 4.61. The molecular formula is C13H15O2-. The first-order valence-corrected chi connectivity index (χ1v) is 5.22. The van der Waals surface area contributed by atoms with Gasteiger partial charge >= 0.3 is 0 Å². The van der Waals surface area contributed by atoms with Crippen molar-refractivity contribution in [3.05, 3.63) is 42.0 Å². The molecule has 1 rings (SSSR count). The Bertz CT molecular complexity index is 339. The summed E-state index contributed by atoms with van der Waals surface area (Å²) in [6, 6.07) is 9.08. The van der Waals surface area contributed by atoms with E-state index in [0.29, 0.717) is 11.1 Å². The number of benzene rings is 1. The molecule has 0 heterocycles. The summed E-state index contributed by atoms with van der Waals surface area (Å²) in [5, 5.41) is 10.9. The second kappa shape index (κ2) is 6.02. The summed E-state index contributed by atoms with van der Waals surface area (Å²) in [6.45, 7) is 2.08. The maximum atomic E-state index is 10.9. The Morgan fingerprint density at radius 3 is 2.53 bits per heavy atom. The second-order valence-electron chi connectivity index (χ2n) is 3.41. The van der Waals surface area contributed by atoms with E-state index in [9.17, 15) is 9.90 Å². The summed E-state index contributed by atoms with van der Waals surface area (Å²) in [4.78, 5) is 10.9. The van der Waals surface area contributed by atoms with E-state index >= 15 is 0 Å². The van der Waals surface area contributed by atoms with Crippen LogP contribution in [0.15, 0.2) is 36.4 Å². The number of hydrogen-bond donors (Lipinski definition) is 0. The molecule has 0 aliphatic rings. The fraction of sp³-hybridized carbons (Fsp3) is 0.308. The first-order chi connectivity index (χ1) is 7.25. The van der Waals surface area contributed by atoms with Gasteiger partial charge in [0.1, 0.15) is 0 Å². The Morgan fingerprint density at radius 1 is 1.33 bits per heavy atom. The molecule has 0 unspecified atom stereocenters. The van der Waals surface area contributed by atoms with Crippen molar-refractivity contribution in [1.29, 1.82) is 0 Å². The fourth-order valence-electron chi connectivity index (χ4n) is 1.39. The van der Waals surface area contributed by atoms with E-state index in [4.69, 9.17) is 0 Å². The van der Waals surface area contributed by atoms with Crippen LogP contribution in [0.1, 0.15) is 31.7 Å². The number of carbonyl (C=O) groups is 1.